The largest absolute Gasteiger partial charge is 0.364 e. The van der Waals surface area contributed by atoms with Crippen molar-refractivity contribution in [2.75, 3.05) is 5.32 Å². The van der Waals surface area contributed by atoms with E-state index in [9.17, 15) is 0 Å². The third-order valence-corrected chi connectivity index (χ3v) is 2.37. The molecule has 0 aliphatic heterocycles. The van der Waals surface area contributed by atoms with E-state index in [0.29, 0.717) is 12.5 Å². The number of hydrogen-bond donors (Lipinski definition) is 1. The molecule has 0 aromatic carbocycles. The van der Waals surface area contributed by atoms with Crippen LogP contribution in [0.15, 0.2) is 31.0 Å². The van der Waals surface area contributed by atoms with Crippen molar-refractivity contribution in [3.8, 4) is 0 Å². The Hall–Kier alpha value is -2.04. The number of hydrogen-bond acceptors (Lipinski definition) is 5. The molecule has 5 nitrogen and oxygen atoms in total. The highest BCUT2D eigenvalue weighted by atomic mass is 15.0. The summed E-state index contributed by atoms with van der Waals surface area (Å²) in [6.07, 6.45) is 4.84. The van der Waals surface area contributed by atoms with Gasteiger partial charge in [0.2, 0.25) is 0 Å². The maximum atomic E-state index is 4.22. The second-order valence-electron chi connectivity index (χ2n) is 4.04. The topological polar surface area (TPSA) is 63.6 Å². The number of anilines is 1. The molecule has 0 spiro atoms. The fourth-order valence-corrected chi connectivity index (χ4v) is 1.39. The molecule has 0 bridgehead atoms. The van der Waals surface area contributed by atoms with Crippen molar-refractivity contribution in [1.29, 1.82) is 0 Å². The Bertz CT molecular complexity index is 469. The molecule has 0 aliphatic carbocycles. The molecule has 2 heterocycles. The highest BCUT2D eigenvalue weighted by Gasteiger charge is 2.02. The van der Waals surface area contributed by atoms with Crippen LogP contribution in [0.2, 0.25) is 0 Å². The highest BCUT2D eigenvalue weighted by Crippen LogP contribution is 2.13. The van der Waals surface area contributed by atoms with Gasteiger partial charge in [0.1, 0.15) is 18.5 Å². The van der Waals surface area contributed by atoms with Gasteiger partial charge in [0, 0.05) is 18.0 Å². The summed E-state index contributed by atoms with van der Waals surface area (Å²) < 4.78 is 0. The minimum Gasteiger partial charge on any atom is -0.364 e. The van der Waals surface area contributed by atoms with E-state index in [1.54, 1.807) is 12.5 Å². The molecular formula is C12H15N5. The van der Waals surface area contributed by atoms with Crippen LogP contribution in [0.25, 0.3) is 0 Å². The van der Waals surface area contributed by atoms with Crippen LogP contribution >= 0.6 is 0 Å². The monoisotopic (exact) mass is 229 g/mol. The minimum absolute atomic E-state index is 0.401. The summed E-state index contributed by atoms with van der Waals surface area (Å²) in [7, 11) is 0. The van der Waals surface area contributed by atoms with E-state index in [1.165, 1.54) is 6.33 Å². The van der Waals surface area contributed by atoms with Gasteiger partial charge in [0.25, 0.3) is 0 Å². The first kappa shape index (κ1) is 11.4. The van der Waals surface area contributed by atoms with Crippen molar-refractivity contribution >= 4 is 5.82 Å². The third kappa shape index (κ3) is 3.21. The number of nitrogens with zero attached hydrogens (tertiary/aromatic N) is 4. The van der Waals surface area contributed by atoms with Crippen LogP contribution in [-0.4, -0.2) is 19.9 Å². The molecule has 2 aromatic heterocycles. The Balaban J connectivity index is 2.02. The van der Waals surface area contributed by atoms with Gasteiger partial charge in [-0.1, -0.05) is 13.8 Å². The maximum absolute atomic E-state index is 4.22. The summed E-state index contributed by atoms with van der Waals surface area (Å²) in [4.78, 5) is 16.4. The molecule has 2 rings (SSSR count). The van der Waals surface area contributed by atoms with E-state index in [2.05, 4.69) is 39.1 Å². The van der Waals surface area contributed by atoms with E-state index in [1.807, 2.05) is 12.1 Å². The SMILES string of the molecule is CC(C)c1cc(NCc2ccncn2)ncn1. The molecule has 0 saturated carbocycles. The van der Waals surface area contributed by atoms with Gasteiger partial charge in [-0.2, -0.15) is 0 Å². The standard InChI is InChI=1S/C12H15N5/c1-9(2)11-5-12(17-8-16-11)14-6-10-3-4-13-7-15-10/h3-5,7-9H,6H2,1-2H3,(H,14,16,17). The van der Waals surface area contributed by atoms with Gasteiger partial charge < -0.3 is 5.32 Å². The zero-order chi connectivity index (χ0) is 12.1. The lowest BCUT2D eigenvalue weighted by molar-refractivity contribution is 0.813. The fourth-order valence-electron chi connectivity index (χ4n) is 1.39. The van der Waals surface area contributed by atoms with Crippen LogP contribution < -0.4 is 5.32 Å². The van der Waals surface area contributed by atoms with Gasteiger partial charge in [-0.3, -0.25) is 0 Å². The molecule has 0 amide bonds. The number of nitrogens with one attached hydrogen (secondary N) is 1. The van der Waals surface area contributed by atoms with E-state index in [4.69, 9.17) is 0 Å². The Morgan fingerprint density at radius 3 is 2.76 bits per heavy atom. The lowest BCUT2D eigenvalue weighted by Crippen LogP contribution is -2.04. The van der Waals surface area contributed by atoms with Crippen LogP contribution in [0, 0.1) is 0 Å². The van der Waals surface area contributed by atoms with Crippen molar-refractivity contribution in [3.63, 3.8) is 0 Å². The van der Waals surface area contributed by atoms with Gasteiger partial charge >= 0.3 is 0 Å². The maximum Gasteiger partial charge on any atom is 0.129 e. The second-order valence-corrected chi connectivity index (χ2v) is 4.04. The Morgan fingerprint density at radius 2 is 2.06 bits per heavy atom. The van der Waals surface area contributed by atoms with Gasteiger partial charge in [-0.15, -0.1) is 0 Å². The zero-order valence-corrected chi connectivity index (χ0v) is 9.96. The second kappa shape index (κ2) is 5.34. The molecule has 88 valence electrons. The van der Waals surface area contributed by atoms with Crippen LogP contribution in [-0.2, 0) is 6.54 Å². The van der Waals surface area contributed by atoms with E-state index >= 15 is 0 Å². The summed E-state index contributed by atoms with van der Waals surface area (Å²) in [5.41, 5.74) is 1.97. The molecule has 2 aromatic rings. The summed E-state index contributed by atoms with van der Waals surface area (Å²) in [6.45, 7) is 4.85. The van der Waals surface area contributed by atoms with Crippen molar-refractivity contribution in [3.05, 3.63) is 42.4 Å². The summed E-state index contributed by atoms with van der Waals surface area (Å²) in [5, 5.41) is 3.21. The van der Waals surface area contributed by atoms with Crippen molar-refractivity contribution < 1.29 is 0 Å². The average molecular weight is 229 g/mol. The molecule has 0 radical (unpaired) electrons. The van der Waals surface area contributed by atoms with Crippen LogP contribution in [0.3, 0.4) is 0 Å². The Kier molecular flexibility index (Phi) is 3.59. The summed E-state index contributed by atoms with van der Waals surface area (Å²) in [5.74, 6) is 1.22. The van der Waals surface area contributed by atoms with Gasteiger partial charge in [0.05, 0.1) is 12.2 Å². The van der Waals surface area contributed by atoms with Crippen LogP contribution in [0.5, 0.6) is 0 Å². The molecule has 0 fully saturated rings. The van der Waals surface area contributed by atoms with Crippen molar-refractivity contribution in [2.45, 2.75) is 26.3 Å². The Labute approximate surface area is 100 Å². The average Bonchev–Trinajstić information content (AvgIpc) is 2.38. The van der Waals surface area contributed by atoms with Gasteiger partial charge in [-0.05, 0) is 12.0 Å². The smallest absolute Gasteiger partial charge is 0.129 e. The summed E-state index contributed by atoms with van der Waals surface area (Å²) in [6, 6.07) is 3.84. The third-order valence-electron chi connectivity index (χ3n) is 2.37. The molecular weight excluding hydrogens is 214 g/mol. The highest BCUT2D eigenvalue weighted by molar-refractivity contribution is 5.35. The first-order valence-electron chi connectivity index (χ1n) is 5.56. The van der Waals surface area contributed by atoms with Crippen LogP contribution in [0.1, 0.15) is 31.2 Å². The molecule has 17 heavy (non-hydrogen) atoms. The predicted octanol–water partition coefficient (Wildman–Crippen LogP) is 2.00. The quantitative estimate of drug-likeness (QED) is 0.868. The lowest BCUT2D eigenvalue weighted by atomic mass is 10.1. The fraction of sp³-hybridized carbons (Fsp3) is 0.333. The van der Waals surface area contributed by atoms with Gasteiger partial charge in [-0.25, -0.2) is 19.9 Å². The van der Waals surface area contributed by atoms with Gasteiger partial charge in [0.15, 0.2) is 0 Å². The molecule has 0 aliphatic rings. The van der Waals surface area contributed by atoms with E-state index in [0.717, 1.165) is 17.2 Å². The molecule has 0 atom stereocenters. The zero-order valence-electron chi connectivity index (χ0n) is 9.96. The molecule has 0 unspecified atom stereocenters. The van der Waals surface area contributed by atoms with E-state index < -0.39 is 0 Å². The van der Waals surface area contributed by atoms with E-state index in [-0.39, 0.29) is 0 Å². The molecule has 5 heteroatoms. The predicted molar refractivity (Wildman–Crippen MR) is 65.5 cm³/mol. The lowest BCUT2D eigenvalue weighted by Gasteiger charge is -2.08. The number of rotatable bonds is 4. The molecule has 1 N–H and O–H groups in total. The van der Waals surface area contributed by atoms with Crippen molar-refractivity contribution in [1.82, 2.24) is 19.9 Å². The first-order chi connectivity index (χ1) is 8.25. The number of aromatic nitrogens is 4. The summed E-state index contributed by atoms with van der Waals surface area (Å²) >= 11 is 0. The molecule has 0 saturated heterocycles. The first-order valence-corrected chi connectivity index (χ1v) is 5.56. The normalized spacial score (nSPS) is 10.5. The Morgan fingerprint density at radius 1 is 1.18 bits per heavy atom. The van der Waals surface area contributed by atoms with Crippen LogP contribution in [0.4, 0.5) is 5.82 Å². The van der Waals surface area contributed by atoms with Crippen molar-refractivity contribution in [2.24, 2.45) is 0 Å². The minimum atomic E-state index is 0.401.